The first-order valence-corrected chi connectivity index (χ1v) is 50.6. The zero-order chi connectivity index (χ0) is 94.2. The van der Waals surface area contributed by atoms with Crippen LogP contribution >= 0.6 is 0 Å². The van der Waals surface area contributed by atoms with E-state index < -0.39 is 11.8 Å². The van der Waals surface area contributed by atoms with E-state index in [4.69, 9.17) is 24.9 Å². The molecule has 0 aliphatic carbocycles. The molecule has 0 atom stereocenters. The first kappa shape index (κ1) is 92.1. The number of fused-ring (bicyclic) bond motifs is 16. The van der Waals surface area contributed by atoms with Gasteiger partial charge < -0.3 is 30.6 Å². The maximum absolute atomic E-state index is 15.0. The lowest BCUT2D eigenvalue weighted by Crippen LogP contribution is -2.18. The quantitative estimate of drug-likeness (QED) is 0.0211. The van der Waals surface area contributed by atoms with Crippen molar-refractivity contribution in [1.29, 1.82) is 0 Å². The van der Waals surface area contributed by atoms with E-state index in [1.807, 2.05) is 36.4 Å². The second-order valence-corrected chi connectivity index (χ2v) is 37.4. The van der Waals surface area contributed by atoms with Gasteiger partial charge in [-0.1, -0.05) is 295 Å². The van der Waals surface area contributed by atoms with Gasteiger partial charge in [0.25, 0.3) is 11.8 Å². The van der Waals surface area contributed by atoms with Crippen molar-refractivity contribution in [2.75, 3.05) is 10.6 Å². The molecule has 0 radical (unpaired) electrons. The van der Waals surface area contributed by atoms with Gasteiger partial charge >= 0.3 is 0 Å². The number of pyridine rings is 1. The lowest BCUT2D eigenvalue weighted by molar-refractivity contribution is 0.101. The normalized spacial score (nSPS) is 12.0. The van der Waals surface area contributed by atoms with Crippen LogP contribution in [0.25, 0.3) is 182 Å². The summed E-state index contributed by atoms with van der Waals surface area (Å²) in [5.41, 5.74) is 38.1. The smallest absolute Gasteiger partial charge is 0.274 e. The predicted molar refractivity (Wildman–Crippen MR) is 581 cm³/mol. The van der Waals surface area contributed by atoms with E-state index in [1.54, 1.807) is 18.2 Å². The highest BCUT2D eigenvalue weighted by Gasteiger charge is 2.26. The van der Waals surface area contributed by atoms with Crippen molar-refractivity contribution < 1.29 is 9.59 Å². The first-order chi connectivity index (χ1) is 67.9. The SMILES string of the molecule is CCCCCc1ccc(-c2c3nc(c(-c4ccc(CCCCC)cc4)c4ccc([nH]4)c(-c4cccc(NC(=O)c5cccc(C(=O)Nc6cccc(-c7c8nc(c(-c9ccc(CCCCC)cc9)c9ccc([nH]9)c(-c9ccc(CCCCC)cc9)c9nc(c(-c%10ccc(CCCCC)cc%10)c%10ccc7[nH]%10)C=C9)C=C8)c6)n5)c4)c4nc(c(-c5ccc(CCCCC)cc5)c5ccc2[nH]5)C=C4)C=C3)cc1. The molecule has 4 aliphatic rings. The summed E-state index contributed by atoms with van der Waals surface area (Å²) in [5.74, 6) is -0.979. The number of nitrogens with one attached hydrogen (secondary N) is 6. The van der Waals surface area contributed by atoms with Gasteiger partial charge in [-0.25, -0.2) is 24.9 Å². The van der Waals surface area contributed by atoms with Gasteiger partial charge in [0.2, 0.25) is 0 Å². The fourth-order valence-corrected chi connectivity index (χ4v) is 19.9. The van der Waals surface area contributed by atoms with Crippen LogP contribution in [-0.4, -0.2) is 56.7 Å². The molecule has 19 rings (SSSR count). The Kier molecular flexibility index (Phi) is 29.0. The van der Waals surface area contributed by atoms with Crippen molar-refractivity contribution in [3.05, 3.63) is 351 Å². The predicted octanol–water partition coefficient (Wildman–Crippen LogP) is 33.3. The third kappa shape index (κ3) is 20.9. The molecule has 13 nitrogen and oxygen atoms in total. The molecule has 0 fully saturated rings. The van der Waals surface area contributed by atoms with Crippen LogP contribution in [0, 0.1) is 0 Å². The molecule has 138 heavy (non-hydrogen) atoms. The van der Waals surface area contributed by atoms with Crippen molar-refractivity contribution >= 4 is 116 Å². The zero-order valence-corrected chi connectivity index (χ0v) is 80.5. The molecule has 8 aromatic carbocycles. The van der Waals surface area contributed by atoms with Gasteiger partial charge in [-0.3, -0.25) is 9.59 Å². The molecular formula is C125H123N11O2. The van der Waals surface area contributed by atoms with E-state index in [9.17, 15) is 0 Å². The Labute approximate surface area is 811 Å². The van der Waals surface area contributed by atoms with Crippen LogP contribution in [0.4, 0.5) is 11.4 Å². The highest BCUT2D eigenvalue weighted by molar-refractivity contribution is 6.09. The standard InChI is InChI=1S/C125H123N11O2/c1-7-13-19-28-82-40-52-88(53-41-82)116-98-64-68-102(128-98)118(90-56-44-84(45-57-90)30-21-15-9-3)106-72-76-110(132-106)122(111-77-73-107(133-111)119(103-69-65-99(116)129-103)91-58-46-85(47-59-91)31-22-16-10-4)94-34-25-36-96(80-94)126-124(137)114-38-27-39-115(136-114)125(138)127-97-37-26-35-95(81-97)123-112-78-74-108(134-112)120(92-60-48-86(49-61-92)32-23-17-11-5)104-70-66-100(130-104)117(89-54-42-83(43-55-89)29-20-14-8-2)101-67-71-105(131-101)121(109-75-79-113(123)135-109)93-62-50-87(51-63-93)33-24-18-12-6/h25-27,34-81,128,130,133,135H,7-24,28-33H2,1-6H3,(H,126,137)(H,127,138). The van der Waals surface area contributed by atoms with Crippen LogP contribution < -0.4 is 10.6 Å². The first-order valence-electron chi connectivity index (χ1n) is 50.6. The highest BCUT2D eigenvalue weighted by Crippen LogP contribution is 2.44. The summed E-state index contributed by atoms with van der Waals surface area (Å²) in [4.78, 5) is 73.5. The third-order valence-electron chi connectivity index (χ3n) is 27.4. The third-order valence-corrected chi connectivity index (χ3v) is 27.4. The molecule has 2 amide bonds. The number of aryl methyl sites for hydroxylation is 6. The van der Waals surface area contributed by atoms with Crippen molar-refractivity contribution in [3.8, 4) is 89.0 Å². The Hall–Kier alpha value is -15.0. The van der Waals surface area contributed by atoms with Crippen molar-refractivity contribution in [2.45, 2.75) is 196 Å². The van der Waals surface area contributed by atoms with Crippen LogP contribution in [0.1, 0.15) is 257 Å². The van der Waals surface area contributed by atoms with E-state index in [2.05, 4.69) is 327 Å². The molecule has 11 heterocycles. The molecule has 0 spiro atoms. The average Bonchev–Trinajstić information content (AvgIpc) is 1.61. The summed E-state index contributed by atoms with van der Waals surface area (Å²) in [6.45, 7) is 13.5. The number of nitrogens with zero attached hydrogens (tertiary/aromatic N) is 5. The van der Waals surface area contributed by atoms with Crippen LogP contribution in [0.2, 0.25) is 0 Å². The summed E-state index contributed by atoms with van der Waals surface area (Å²) in [5, 5.41) is 6.40. The van der Waals surface area contributed by atoms with Crippen LogP contribution in [-0.2, 0) is 38.5 Å². The van der Waals surface area contributed by atoms with E-state index in [-0.39, 0.29) is 11.4 Å². The monoisotopic (exact) mass is 1810 g/mol. The highest BCUT2D eigenvalue weighted by atomic mass is 16.2. The summed E-state index contributed by atoms with van der Waals surface area (Å²) < 4.78 is 0. The second kappa shape index (κ2) is 43.4. The number of amides is 2. The number of benzene rings is 8. The number of hydrogen-bond donors (Lipinski definition) is 6. The Morgan fingerprint density at radius 3 is 0.594 bits per heavy atom. The van der Waals surface area contributed by atoms with Crippen molar-refractivity contribution in [1.82, 2.24) is 44.9 Å². The topological polar surface area (TPSA) is 186 Å². The molecule has 0 saturated heterocycles. The molecule has 690 valence electrons. The van der Waals surface area contributed by atoms with Gasteiger partial charge in [-0.05, 0) is 288 Å². The van der Waals surface area contributed by atoms with E-state index >= 15 is 9.59 Å². The average molecular weight is 1810 g/mol. The number of unbranched alkanes of at least 4 members (excludes halogenated alkanes) is 12. The maximum atomic E-state index is 15.0. The number of anilines is 2. The summed E-state index contributed by atoms with van der Waals surface area (Å²) >= 11 is 0. The lowest BCUT2D eigenvalue weighted by atomic mass is 10.00. The molecule has 7 aromatic heterocycles. The number of carbonyl (C=O) groups excluding carboxylic acids is 2. The molecular weight excluding hydrogens is 1690 g/mol. The van der Waals surface area contributed by atoms with E-state index in [1.165, 1.54) is 84.7 Å². The molecule has 6 N–H and O–H groups in total. The molecule has 13 heteroatoms. The minimum Gasteiger partial charge on any atom is -0.354 e. The van der Waals surface area contributed by atoms with Gasteiger partial charge in [0, 0.05) is 100 Å². The number of aromatic nitrogens is 9. The molecule has 0 saturated carbocycles. The number of aromatic amines is 4. The summed E-state index contributed by atoms with van der Waals surface area (Å²) in [6, 6.07) is 92.5. The van der Waals surface area contributed by atoms with Gasteiger partial charge in [0.15, 0.2) is 0 Å². The largest absolute Gasteiger partial charge is 0.354 e. The molecule has 15 aromatic rings. The number of rotatable bonds is 36. The molecule has 4 aliphatic heterocycles. The second-order valence-electron chi connectivity index (χ2n) is 37.4. The Morgan fingerprint density at radius 1 is 0.210 bits per heavy atom. The van der Waals surface area contributed by atoms with Crippen molar-refractivity contribution in [3.63, 3.8) is 0 Å². The minimum atomic E-state index is -0.489. The number of carbonyl (C=O) groups is 2. The van der Waals surface area contributed by atoms with Crippen LogP contribution in [0.5, 0.6) is 0 Å². The Morgan fingerprint density at radius 2 is 0.399 bits per heavy atom. The summed E-state index contributed by atoms with van der Waals surface area (Å²) in [7, 11) is 0. The van der Waals surface area contributed by atoms with Crippen LogP contribution in [0.3, 0.4) is 0 Å². The summed E-state index contributed by atoms with van der Waals surface area (Å²) in [6.07, 6.45) is 44.3. The van der Waals surface area contributed by atoms with Gasteiger partial charge in [0.05, 0.1) is 45.6 Å². The Balaban J connectivity index is 0.686. The number of hydrogen-bond acceptors (Lipinski definition) is 7. The fraction of sp³-hybridized carbons (Fsp3) is 0.240. The van der Waals surface area contributed by atoms with Gasteiger partial charge in [0.1, 0.15) is 11.4 Å². The van der Waals surface area contributed by atoms with Gasteiger partial charge in [-0.2, -0.15) is 0 Å². The van der Waals surface area contributed by atoms with Gasteiger partial charge in [-0.15, -0.1) is 0 Å². The lowest BCUT2D eigenvalue weighted by Gasteiger charge is -2.11. The Bertz CT molecular complexity index is 6920. The van der Waals surface area contributed by atoms with Crippen molar-refractivity contribution in [2.24, 2.45) is 0 Å². The number of H-pyrrole nitrogens is 4. The minimum absolute atomic E-state index is 0.0624. The van der Waals surface area contributed by atoms with Crippen LogP contribution in [0.15, 0.2) is 261 Å². The fourth-order valence-electron chi connectivity index (χ4n) is 19.9. The van der Waals surface area contributed by atoms with E-state index in [0.29, 0.717) is 11.4 Å². The zero-order valence-electron chi connectivity index (χ0n) is 80.5. The molecule has 16 bridgehead atoms. The van der Waals surface area contributed by atoms with E-state index in [0.717, 1.165) is 281 Å². The molecule has 0 unspecified atom stereocenters. The maximum Gasteiger partial charge on any atom is 0.274 e.